The third-order valence-corrected chi connectivity index (χ3v) is 4.94. The molecule has 0 bridgehead atoms. The number of carbonyl (C=O) groups excluding carboxylic acids is 3. The molecular formula is C27H28N4O4. The molecule has 0 spiro atoms. The predicted octanol–water partition coefficient (Wildman–Crippen LogP) is 3.97. The maximum atomic E-state index is 12.2. The van der Waals surface area contributed by atoms with Gasteiger partial charge in [0.15, 0.2) is 6.61 Å². The minimum Gasteiger partial charge on any atom is -0.484 e. The first-order valence-corrected chi connectivity index (χ1v) is 11.2. The van der Waals surface area contributed by atoms with Crippen molar-refractivity contribution in [3.8, 4) is 5.75 Å². The van der Waals surface area contributed by atoms with Crippen molar-refractivity contribution in [1.82, 2.24) is 5.43 Å². The molecule has 3 rings (SSSR count). The fraction of sp³-hybridized carbons (Fsp3) is 0.185. The van der Waals surface area contributed by atoms with Gasteiger partial charge in [-0.2, -0.15) is 5.10 Å². The van der Waals surface area contributed by atoms with Gasteiger partial charge in [0.2, 0.25) is 0 Å². The van der Waals surface area contributed by atoms with Crippen molar-refractivity contribution >= 4 is 35.3 Å². The number of ether oxygens (including phenoxy) is 1. The van der Waals surface area contributed by atoms with Crippen LogP contribution in [0, 0.1) is 13.8 Å². The van der Waals surface area contributed by atoms with Crippen LogP contribution in [0.5, 0.6) is 5.75 Å². The van der Waals surface area contributed by atoms with Gasteiger partial charge in [-0.3, -0.25) is 14.4 Å². The first-order valence-electron chi connectivity index (χ1n) is 11.2. The summed E-state index contributed by atoms with van der Waals surface area (Å²) in [4.78, 5) is 36.2. The van der Waals surface area contributed by atoms with Crippen molar-refractivity contribution in [1.29, 1.82) is 0 Å². The number of anilines is 2. The Morgan fingerprint density at radius 3 is 2.26 bits per heavy atom. The van der Waals surface area contributed by atoms with Crippen LogP contribution in [0.3, 0.4) is 0 Å². The number of nitrogens with zero attached hydrogens (tertiary/aromatic N) is 1. The van der Waals surface area contributed by atoms with Gasteiger partial charge in [-0.05, 0) is 78.9 Å². The molecule has 0 radical (unpaired) electrons. The Bertz CT molecular complexity index is 1220. The number of carbonyl (C=O) groups is 3. The summed E-state index contributed by atoms with van der Waals surface area (Å²) >= 11 is 0. The van der Waals surface area contributed by atoms with E-state index in [-0.39, 0.29) is 12.5 Å². The van der Waals surface area contributed by atoms with Gasteiger partial charge in [-0.25, -0.2) is 5.43 Å². The normalized spacial score (nSPS) is 10.6. The first-order chi connectivity index (χ1) is 16.8. The van der Waals surface area contributed by atoms with Crippen molar-refractivity contribution in [2.24, 2.45) is 5.10 Å². The molecule has 0 unspecified atom stereocenters. The molecule has 3 aromatic carbocycles. The SMILES string of the molecule is CCc1ccc(NC(=O)C(=O)N/N=C\c2cccc(OCC(=O)Nc3cc(C)cc(C)c3)c2)cc1. The summed E-state index contributed by atoms with van der Waals surface area (Å²) in [7, 11) is 0. The molecule has 0 saturated heterocycles. The zero-order valence-corrected chi connectivity index (χ0v) is 19.9. The molecular weight excluding hydrogens is 444 g/mol. The van der Waals surface area contributed by atoms with Crippen molar-refractivity contribution in [2.45, 2.75) is 27.2 Å². The molecule has 8 heteroatoms. The second-order valence-electron chi connectivity index (χ2n) is 7.99. The molecule has 0 aromatic heterocycles. The molecule has 0 atom stereocenters. The van der Waals surface area contributed by atoms with Crippen LogP contribution in [0.4, 0.5) is 11.4 Å². The third kappa shape index (κ3) is 8.12. The highest BCUT2D eigenvalue weighted by molar-refractivity contribution is 6.39. The van der Waals surface area contributed by atoms with Gasteiger partial charge in [0, 0.05) is 11.4 Å². The summed E-state index contributed by atoms with van der Waals surface area (Å²) in [6.45, 7) is 5.80. The highest BCUT2D eigenvalue weighted by Gasteiger charge is 2.12. The summed E-state index contributed by atoms with van der Waals surface area (Å²) in [5.74, 6) is -1.53. The molecule has 0 heterocycles. The average Bonchev–Trinajstić information content (AvgIpc) is 2.83. The van der Waals surface area contributed by atoms with Crippen LogP contribution >= 0.6 is 0 Å². The van der Waals surface area contributed by atoms with E-state index in [4.69, 9.17) is 4.74 Å². The van der Waals surface area contributed by atoms with Crippen LogP contribution in [0.25, 0.3) is 0 Å². The van der Waals surface area contributed by atoms with Gasteiger partial charge < -0.3 is 15.4 Å². The lowest BCUT2D eigenvalue weighted by molar-refractivity contribution is -0.136. The van der Waals surface area contributed by atoms with E-state index in [0.717, 1.165) is 28.8 Å². The van der Waals surface area contributed by atoms with Crippen LogP contribution < -0.4 is 20.8 Å². The number of hydrogen-bond donors (Lipinski definition) is 3. The lowest BCUT2D eigenvalue weighted by Gasteiger charge is -2.09. The van der Waals surface area contributed by atoms with E-state index in [9.17, 15) is 14.4 Å². The van der Waals surface area contributed by atoms with Crippen LogP contribution in [0.15, 0.2) is 71.8 Å². The summed E-state index contributed by atoms with van der Waals surface area (Å²) in [6.07, 6.45) is 2.26. The topological polar surface area (TPSA) is 109 Å². The van der Waals surface area contributed by atoms with Gasteiger partial charge in [-0.1, -0.05) is 37.3 Å². The van der Waals surface area contributed by atoms with Gasteiger partial charge in [0.05, 0.1) is 6.21 Å². The minimum absolute atomic E-state index is 0.163. The van der Waals surface area contributed by atoms with E-state index in [1.807, 2.05) is 51.1 Å². The molecule has 0 aliphatic rings. The predicted molar refractivity (Wildman–Crippen MR) is 137 cm³/mol. The fourth-order valence-corrected chi connectivity index (χ4v) is 3.31. The number of hydrazone groups is 1. The highest BCUT2D eigenvalue weighted by atomic mass is 16.5. The standard InChI is InChI=1S/C27H28N4O4/c1-4-20-8-10-22(11-9-20)30-26(33)27(34)31-28-16-21-6-5-7-24(15-21)35-17-25(32)29-23-13-18(2)12-19(3)14-23/h5-16H,4,17H2,1-3H3,(H,29,32)(H,30,33)(H,31,34)/b28-16-. The van der Waals surface area contributed by atoms with Gasteiger partial charge >= 0.3 is 11.8 Å². The molecule has 0 aliphatic heterocycles. The van der Waals surface area contributed by atoms with Crippen LogP contribution in [0.1, 0.15) is 29.2 Å². The Hall–Kier alpha value is -4.46. The molecule has 35 heavy (non-hydrogen) atoms. The Balaban J connectivity index is 1.48. The summed E-state index contributed by atoms with van der Waals surface area (Å²) < 4.78 is 5.56. The van der Waals surface area contributed by atoms with Gasteiger partial charge in [0.1, 0.15) is 5.75 Å². The maximum Gasteiger partial charge on any atom is 0.329 e. The zero-order valence-electron chi connectivity index (χ0n) is 19.9. The van der Waals surface area contributed by atoms with E-state index >= 15 is 0 Å². The fourth-order valence-electron chi connectivity index (χ4n) is 3.31. The van der Waals surface area contributed by atoms with E-state index in [1.165, 1.54) is 6.21 Å². The number of nitrogens with one attached hydrogen (secondary N) is 3. The minimum atomic E-state index is -0.892. The molecule has 0 fully saturated rings. The van der Waals surface area contributed by atoms with E-state index < -0.39 is 11.8 Å². The Morgan fingerprint density at radius 2 is 1.57 bits per heavy atom. The average molecular weight is 473 g/mol. The first kappa shape index (κ1) is 25.2. The molecule has 0 aliphatic carbocycles. The monoisotopic (exact) mass is 472 g/mol. The summed E-state index contributed by atoms with van der Waals surface area (Å²) in [5.41, 5.74) is 7.30. The summed E-state index contributed by atoms with van der Waals surface area (Å²) in [5, 5.41) is 9.15. The molecule has 0 saturated carbocycles. The molecule has 3 amide bonds. The Morgan fingerprint density at radius 1 is 0.857 bits per heavy atom. The highest BCUT2D eigenvalue weighted by Crippen LogP contribution is 2.15. The number of aryl methyl sites for hydroxylation is 3. The second kappa shape index (κ2) is 12.1. The molecule has 3 aromatic rings. The van der Waals surface area contributed by atoms with Gasteiger partial charge in [0.25, 0.3) is 5.91 Å². The lowest BCUT2D eigenvalue weighted by Crippen LogP contribution is -2.32. The van der Waals surface area contributed by atoms with Crippen LogP contribution in [-0.2, 0) is 20.8 Å². The second-order valence-corrected chi connectivity index (χ2v) is 7.99. The van der Waals surface area contributed by atoms with Crippen molar-refractivity contribution < 1.29 is 19.1 Å². The maximum absolute atomic E-state index is 12.2. The van der Waals surface area contributed by atoms with E-state index in [0.29, 0.717) is 17.0 Å². The summed E-state index contributed by atoms with van der Waals surface area (Å²) in [6, 6.07) is 19.9. The van der Waals surface area contributed by atoms with Crippen LogP contribution in [-0.4, -0.2) is 30.5 Å². The number of benzene rings is 3. The van der Waals surface area contributed by atoms with E-state index in [2.05, 4.69) is 21.2 Å². The van der Waals surface area contributed by atoms with Crippen LogP contribution in [0.2, 0.25) is 0 Å². The third-order valence-electron chi connectivity index (χ3n) is 4.94. The molecule has 3 N–H and O–H groups in total. The number of rotatable bonds is 8. The van der Waals surface area contributed by atoms with Crippen molar-refractivity contribution in [2.75, 3.05) is 17.2 Å². The number of hydrogen-bond acceptors (Lipinski definition) is 5. The van der Waals surface area contributed by atoms with Crippen molar-refractivity contribution in [3.63, 3.8) is 0 Å². The molecule has 8 nitrogen and oxygen atoms in total. The Labute approximate surface area is 204 Å². The van der Waals surface area contributed by atoms with Crippen molar-refractivity contribution in [3.05, 3.63) is 89.0 Å². The van der Waals surface area contributed by atoms with E-state index in [1.54, 1.807) is 36.4 Å². The van der Waals surface area contributed by atoms with Gasteiger partial charge in [-0.15, -0.1) is 0 Å². The Kier molecular flexibility index (Phi) is 8.72. The zero-order chi connectivity index (χ0) is 25.2. The number of amides is 3. The quantitative estimate of drug-likeness (QED) is 0.262. The largest absolute Gasteiger partial charge is 0.484 e. The molecule has 180 valence electrons. The smallest absolute Gasteiger partial charge is 0.329 e. The lowest BCUT2D eigenvalue weighted by atomic mass is 10.1.